The van der Waals surface area contributed by atoms with Gasteiger partial charge in [0.05, 0.1) is 12.1 Å². The van der Waals surface area contributed by atoms with Crippen LogP contribution in [0.1, 0.15) is 30.4 Å². The van der Waals surface area contributed by atoms with Crippen LogP contribution in [0.2, 0.25) is 0 Å². The van der Waals surface area contributed by atoms with Crippen LogP contribution in [0.15, 0.2) is 36.4 Å². The molecule has 0 saturated carbocycles. The van der Waals surface area contributed by atoms with Crippen molar-refractivity contribution in [2.24, 2.45) is 11.5 Å². The molecule has 12 nitrogen and oxygen atoms in total. The Morgan fingerprint density at radius 1 is 1.00 bits per heavy atom. The van der Waals surface area contributed by atoms with E-state index in [1.807, 2.05) is 0 Å². The number of nitrogens with two attached hydrogens (primary N) is 2. The molecule has 1 fully saturated rings. The number of aliphatic hydroxyl groups excluding tert-OH is 1. The maximum Gasteiger partial charge on any atom is 0.245 e. The van der Waals surface area contributed by atoms with E-state index in [9.17, 15) is 29.7 Å². The van der Waals surface area contributed by atoms with Crippen molar-refractivity contribution in [1.82, 2.24) is 20.9 Å². The molecule has 0 aromatic heterocycles. The number of phenols is 2. The van der Waals surface area contributed by atoms with Crippen molar-refractivity contribution < 1.29 is 29.7 Å². The van der Waals surface area contributed by atoms with Gasteiger partial charge in [0.15, 0.2) is 0 Å². The molecule has 2 aromatic rings. The van der Waals surface area contributed by atoms with Gasteiger partial charge in [0.2, 0.25) is 17.7 Å². The average molecular weight is 678 g/mol. The maximum atomic E-state index is 13.8. The van der Waals surface area contributed by atoms with Gasteiger partial charge in [-0.15, -0.1) is 37.2 Å². The lowest BCUT2D eigenvalue weighted by atomic mass is 9.95. The standard InChI is InChI=1S/C29H40N6O6.3ClH/c1-35-24(28(40)33-20-6-8-32-9-7-20)13-19-11-17(3-5-26(19)38)16-2-4-25(37)18(10-16)12-22(31)27(39)34-23(29(35)41)14-21(36)15-30;;;/h2-5,10-11,20-24,32,36-38H,6-9,12-15,30-31H2,1H3,(H,33,40)(H,34,39);3*1H/t21-,22+,23+,24+;;;/m1.../s1. The molecular formula is C29H43Cl3N6O6. The van der Waals surface area contributed by atoms with Gasteiger partial charge >= 0.3 is 0 Å². The van der Waals surface area contributed by atoms with Crippen molar-refractivity contribution in [1.29, 1.82) is 0 Å². The second-order valence-electron chi connectivity index (χ2n) is 10.9. The van der Waals surface area contributed by atoms with E-state index < -0.39 is 42.0 Å². The summed E-state index contributed by atoms with van der Waals surface area (Å²) in [5, 5.41) is 40.5. The van der Waals surface area contributed by atoms with Crippen LogP contribution in [0.4, 0.5) is 0 Å². The summed E-state index contributed by atoms with van der Waals surface area (Å²) >= 11 is 0. The lowest BCUT2D eigenvalue weighted by Crippen LogP contribution is -2.58. The zero-order chi connectivity index (χ0) is 29.7. The number of halogens is 3. The summed E-state index contributed by atoms with van der Waals surface area (Å²) in [6.07, 6.45) is 0.150. The van der Waals surface area contributed by atoms with E-state index in [1.165, 1.54) is 24.1 Å². The zero-order valence-electron chi connectivity index (χ0n) is 24.4. The molecule has 2 aliphatic rings. The molecule has 0 aliphatic carbocycles. The number of likely N-dealkylation sites (N-methyl/N-ethyl adjacent to an activating group) is 1. The number of fused-ring (bicyclic) bond motifs is 5. The zero-order valence-corrected chi connectivity index (χ0v) is 26.9. The van der Waals surface area contributed by atoms with E-state index in [2.05, 4.69) is 16.0 Å². The predicted molar refractivity (Wildman–Crippen MR) is 175 cm³/mol. The SMILES string of the molecule is CN1C(=O)[C@H](C[C@@H](O)CN)NC(=O)[C@@H](N)Cc2cc(ccc2O)-c2ccc(O)c(c2)C[C@H]1C(=O)NC1CCNCC1.Cl.Cl.Cl. The molecule has 3 amide bonds. The van der Waals surface area contributed by atoms with E-state index in [4.69, 9.17) is 11.5 Å². The number of nitrogens with zero attached hydrogens (tertiary/aromatic N) is 1. The number of carbonyl (C=O) groups is 3. The Labute approximate surface area is 275 Å². The number of carbonyl (C=O) groups excluding carboxylic acids is 3. The third kappa shape index (κ3) is 9.58. The number of piperidine rings is 1. The van der Waals surface area contributed by atoms with E-state index in [-0.39, 0.29) is 80.6 Å². The van der Waals surface area contributed by atoms with Crippen molar-refractivity contribution in [3.63, 3.8) is 0 Å². The van der Waals surface area contributed by atoms with Crippen molar-refractivity contribution >= 4 is 54.9 Å². The molecule has 246 valence electrons. The maximum absolute atomic E-state index is 13.8. The minimum atomic E-state index is -1.23. The number of amides is 3. The number of aliphatic hydroxyl groups is 1. The highest BCUT2D eigenvalue weighted by Gasteiger charge is 2.35. The Hall–Kier alpha value is -2.84. The van der Waals surface area contributed by atoms with Crippen LogP contribution in [-0.4, -0.2) is 94.9 Å². The van der Waals surface area contributed by atoms with Gasteiger partial charge in [-0.1, -0.05) is 12.1 Å². The first kappa shape index (κ1) is 39.2. The molecule has 2 aromatic carbocycles. The van der Waals surface area contributed by atoms with Crippen molar-refractivity contribution in [2.75, 3.05) is 26.7 Å². The number of benzene rings is 2. The molecule has 4 rings (SSSR count). The summed E-state index contributed by atoms with van der Waals surface area (Å²) in [6, 6.07) is 6.45. The second kappa shape index (κ2) is 17.6. The fraction of sp³-hybridized carbons (Fsp3) is 0.483. The first-order valence-corrected chi connectivity index (χ1v) is 13.9. The topological polar surface area (TPSA) is 203 Å². The molecule has 0 spiro atoms. The van der Waals surface area contributed by atoms with E-state index in [0.717, 1.165) is 25.9 Å². The van der Waals surface area contributed by atoms with Crippen molar-refractivity contribution in [3.8, 4) is 22.6 Å². The molecule has 2 aliphatic heterocycles. The Morgan fingerprint density at radius 2 is 1.55 bits per heavy atom. The summed E-state index contributed by atoms with van der Waals surface area (Å²) in [6.45, 7) is 1.37. The van der Waals surface area contributed by atoms with Gasteiger partial charge in [0, 0.05) is 38.9 Å². The van der Waals surface area contributed by atoms with Crippen LogP contribution in [-0.2, 0) is 27.2 Å². The number of rotatable bonds is 5. The van der Waals surface area contributed by atoms with Crippen LogP contribution in [0, 0.1) is 0 Å². The molecular weight excluding hydrogens is 635 g/mol. The van der Waals surface area contributed by atoms with Crippen LogP contribution in [0.3, 0.4) is 0 Å². The van der Waals surface area contributed by atoms with Gasteiger partial charge in [-0.05, 0) is 72.5 Å². The molecule has 10 N–H and O–H groups in total. The third-order valence-electron chi connectivity index (χ3n) is 7.88. The van der Waals surface area contributed by atoms with Crippen LogP contribution >= 0.6 is 37.2 Å². The first-order valence-electron chi connectivity index (χ1n) is 13.9. The summed E-state index contributed by atoms with van der Waals surface area (Å²) in [7, 11) is 1.46. The Bertz CT molecular complexity index is 1280. The van der Waals surface area contributed by atoms with Gasteiger partial charge in [0.1, 0.15) is 23.6 Å². The summed E-state index contributed by atoms with van der Waals surface area (Å²) in [5.41, 5.74) is 14.1. The average Bonchev–Trinajstić information content (AvgIpc) is 2.96. The number of aromatic hydroxyl groups is 2. The fourth-order valence-corrected chi connectivity index (χ4v) is 5.33. The quantitative estimate of drug-likeness (QED) is 0.220. The van der Waals surface area contributed by atoms with Gasteiger partial charge in [0.25, 0.3) is 0 Å². The minimum Gasteiger partial charge on any atom is -0.508 e. The number of hydrogen-bond donors (Lipinski definition) is 8. The Kier molecular flexibility index (Phi) is 15.7. The molecule has 1 saturated heterocycles. The molecule has 4 atom stereocenters. The third-order valence-corrected chi connectivity index (χ3v) is 7.88. The Morgan fingerprint density at radius 3 is 2.09 bits per heavy atom. The van der Waals surface area contributed by atoms with Crippen LogP contribution in [0.25, 0.3) is 11.1 Å². The highest BCUT2D eigenvalue weighted by Crippen LogP contribution is 2.31. The minimum absolute atomic E-state index is 0. The largest absolute Gasteiger partial charge is 0.508 e. The van der Waals surface area contributed by atoms with Gasteiger partial charge in [-0.2, -0.15) is 0 Å². The second-order valence-corrected chi connectivity index (χ2v) is 10.9. The fourth-order valence-electron chi connectivity index (χ4n) is 5.33. The number of nitrogens with one attached hydrogen (secondary N) is 3. The van der Waals surface area contributed by atoms with Crippen molar-refractivity contribution in [3.05, 3.63) is 47.5 Å². The number of phenolic OH excluding ortho intramolecular Hbond substituents is 2. The highest BCUT2D eigenvalue weighted by atomic mass is 35.5. The lowest BCUT2D eigenvalue weighted by Gasteiger charge is -2.33. The molecule has 15 heteroatoms. The van der Waals surface area contributed by atoms with Gasteiger partial charge < -0.3 is 47.6 Å². The summed E-state index contributed by atoms with van der Waals surface area (Å²) < 4.78 is 0. The van der Waals surface area contributed by atoms with E-state index >= 15 is 0 Å². The highest BCUT2D eigenvalue weighted by molar-refractivity contribution is 5.93. The lowest BCUT2D eigenvalue weighted by molar-refractivity contribution is -0.142. The Balaban J connectivity index is 0.00000323. The van der Waals surface area contributed by atoms with Crippen molar-refractivity contribution in [2.45, 2.75) is 62.4 Å². The molecule has 2 heterocycles. The van der Waals surface area contributed by atoms with Gasteiger partial charge in [-0.25, -0.2) is 0 Å². The molecule has 0 radical (unpaired) electrons. The summed E-state index contributed by atoms with van der Waals surface area (Å²) in [5.74, 6) is -1.74. The molecule has 0 unspecified atom stereocenters. The predicted octanol–water partition coefficient (Wildman–Crippen LogP) is 0.346. The van der Waals surface area contributed by atoms with Crippen LogP contribution < -0.4 is 27.4 Å². The normalized spacial score (nSPS) is 21.6. The monoisotopic (exact) mass is 676 g/mol. The number of hydrogen-bond acceptors (Lipinski definition) is 9. The first-order chi connectivity index (χ1) is 19.6. The van der Waals surface area contributed by atoms with Crippen LogP contribution in [0.5, 0.6) is 11.5 Å². The van der Waals surface area contributed by atoms with Gasteiger partial charge in [-0.3, -0.25) is 14.4 Å². The van der Waals surface area contributed by atoms with E-state index in [0.29, 0.717) is 22.3 Å². The molecule has 44 heavy (non-hydrogen) atoms. The smallest absolute Gasteiger partial charge is 0.245 e. The molecule has 4 bridgehead atoms. The summed E-state index contributed by atoms with van der Waals surface area (Å²) in [4.78, 5) is 41.9. The van der Waals surface area contributed by atoms with E-state index in [1.54, 1.807) is 24.3 Å².